The van der Waals surface area contributed by atoms with E-state index in [0.717, 1.165) is 28.8 Å². The number of aliphatic imine (C=N–C) groups is 1. The molecule has 192 valence electrons. The summed E-state index contributed by atoms with van der Waals surface area (Å²) in [7, 11) is 2.36. The van der Waals surface area contributed by atoms with Crippen molar-refractivity contribution in [2.75, 3.05) is 7.05 Å². The molecule has 1 N–H and O–H groups in total. The SMILES string of the molecule is CCC(C)(Pc1c(C)cccc1/C(=N/C)c1ccccc1)c1cc(C(C)(C)C)cc(C(C)(C)C)c1O. The van der Waals surface area contributed by atoms with E-state index in [9.17, 15) is 5.11 Å². The minimum Gasteiger partial charge on any atom is -0.507 e. The number of benzene rings is 3. The molecular formula is C33H44NOP. The third-order valence-corrected chi connectivity index (χ3v) is 9.37. The molecule has 3 rings (SSSR count). The van der Waals surface area contributed by atoms with Crippen LogP contribution in [0, 0.1) is 6.92 Å². The lowest BCUT2D eigenvalue weighted by Gasteiger charge is -2.35. The van der Waals surface area contributed by atoms with Gasteiger partial charge in [0.05, 0.1) is 5.71 Å². The molecule has 2 atom stereocenters. The molecule has 2 nitrogen and oxygen atoms in total. The maximum atomic E-state index is 11.7. The van der Waals surface area contributed by atoms with Crippen LogP contribution < -0.4 is 5.30 Å². The molecule has 0 bridgehead atoms. The van der Waals surface area contributed by atoms with Crippen LogP contribution in [-0.2, 0) is 16.0 Å². The minimum absolute atomic E-state index is 0.0105. The molecule has 3 aromatic carbocycles. The molecule has 0 aliphatic carbocycles. The first-order chi connectivity index (χ1) is 16.7. The minimum atomic E-state index is -0.220. The topological polar surface area (TPSA) is 32.6 Å². The lowest BCUT2D eigenvalue weighted by Crippen LogP contribution is -2.26. The summed E-state index contributed by atoms with van der Waals surface area (Å²) < 4.78 is 0. The van der Waals surface area contributed by atoms with Gasteiger partial charge in [-0.25, -0.2) is 0 Å². The number of nitrogens with zero attached hydrogens (tertiary/aromatic N) is 1. The van der Waals surface area contributed by atoms with E-state index in [1.165, 1.54) is 22.0 Å². The van der Waals surface area contributed by atoms with E-state index in [-0.39, 0.29) is 16.0 Å². The smallest absolute Gasteiger partial charge is 0.123 e. The summed E-state index contributed by atoms with van der Waals surface area (Å²) in [6, 6.07) is 21.5. The molecule has 0 spiro atoms. The second-order valence-corrected chi connectivity index (χ2v) is 14.0. The number of phenolic OH excluding ortho intramolecular Hbond substituents is 1. The summed E-state index contributed by atoms with van der Waals surface area (Å²) in [4.78, 5) is 4.74. The van der Waals surface area contributed by atoms with Crippen molar-refractivity contribution >= 4 is 19.6 Å². The van der Waals surface area contributed by atoms with Crippen LogP contribution in [0.25, 0.3) is 0 Å². The van der Waals surface area contributed by atoms with Crippen molar-refractivity contribution in [3.05, 3.63) is 94.0 Å². The Labute approximate surface area is 221 Å². The van der Waals surface area contributed by atoms with Crippen molar-refractivity contribution in [3.8, 4) is 5.75 Å². The predicted octanol–water partition coefficient (Wildman–Crippen LogP) is 8.39. The molecule has 3 aromatic rings. The number of aryl methyl sites for hydroxylation is 1. The number of hydrogen-bond donors (Lipinski definition) is 1. The Bertz CT molecular complexity index is 1250. The number of rotatable bonds is 6. The zero-order valence-electron chi connectivity index (χ0n) is 23.9. The van der Waals surface area contributed by atoms with E-state index >= 15 is 0 Å². The highest BCUT2D eigenvalue weighted by molar-refractivity contribution is 7.49. The van der Waals surface area contributed by atoms with Crippen molar-refractivity contribution in [1.82, 2.24) is 0 Å². The highest BCUT2D eigenvalue weighted by atomic mass is 31.1. The zero-order valence-corrected chi connectivity index (χ0v) is 24.9. The molecule has 0 amide bonds. The second-order valence-electron chi connectivity index (χ2n) is 12.2. The number of phenols is 1. The van der Waals surface area contributed by atoms with Crippen LogP contribution in [-0.4, -0.2) is 17.9 Å². The first kappa shape index (κ1) is 28.1. The monoisotopic (exact) mass is 501 g/mol. The lowest BCUT2D eigenvalue weighted by molar-refractivity contribution is 0.428. The van der Waals surface area contributed by atoms with Crippen LogP contribution in [0.4, 0.5) is 0 Å². The Hall–Kier alpha value is -2.44. The summed E-state index contributed by atoms with van der Waals surface area (Å²) in [5.41, 5.74) is 7.80. The first-order valence-electron chi connectivity index (χ1n) is 13.0. The van der Waals surface area contributed by atoms with Crippen LogP contribution >= 0.6 is 8.58 Å². The Balaban J connectivity index is 2.24. The van der Waals surface area contributed by atoms with E-state index in [0.29, 0.717) is 14.3 Å². The van der Waals surface area contributed by atoms with Crippen molar-refractivity contribution < 1.29 is 5.11 Å². The zero-order chi connectivity index (χ0) is 26.9. The molecule has 0 aromatic heterocycles. The molecule has 0 aliphatic heterocycles. The number of hydrogen-bond acceptors (Lipinski definition) is 2. The molecule has 0 radical (unpaired) electrons. The fraction of sp³-hybridized carbons (Fsp3) is 0.424. The van der Waals surface area contributed by atoms with Gasteiger partial charge in [0.15, 0.2) is 0 Å². The van der Waals surface area contributed by atoms with Crippen LogP contribution in [0.15, 0.2) is 65.7 Å². The summed E-state index contributed by atoms with van der Waals surface area (Å²) >= 11 is 0. The van der Waals surface area contributed by atoms with Crippen molar-refractivity contribution in [3.63, 3.8) is 0 Å². The van der Waals surface area contributed by atoms with E-state index in [4.69, 9.17) is 4.99 Å². The maximum absolute atomic E-state index is 11.7. The largest absolute Gasteiger partial charge is 0.507 e. The average Bonchev–Trinajstić information content (AvgIpc) is 2.80. The molecule has 0 heterocycles. The van der Waals surface area contributed by atoms with Gasteiger partial charge in [-0.3, -0.25) is 4.99 Å². The third kappa shape index (κ3) is 5.76. The van der Waals surface area contributed by atoms with E-state index in [1.54, 1.807) is 0 Å². The van der Waals surface area contributed by atoms with Crippen LogP contribution in [0.3, 0.4) is 0 Å². The molecule has 0 aliphatic rings. The highest BCUT2D eigenvalue weighted by Crippen LogP contribution is 2.51. The van der Waals surface area contributed by atoms with Gasteiger partial charge in [-0.1, -0.05) is 125 Å². The third-order valence-electron chi connectivity index (χ3n) is 7.29. The summed E-state index contributed by atoms with van der Waals surface area (Å²) in [6.07, 6.45) is 0.924. The van der Waals surface area contributed by atoms with Gasteiger partial charge in [-0.2, -0.15) is 0 Å². The maximum Gasteiger partial charge on any atom is 0.123 e. The van der Waals surface area contributed by atoms with Crippen LogP contribution in [0.2, 0.25) is 0 Å². The molecule has 0 saturated carbocycles. The van der Waals surface area contributed by atoms with Gasteiger partial charge in [-0.15, -0.1) is 0 Å². The van der Waals surface area contributed by atoms with E-state index < -0.39 is 0 Å². The Morgan fingerprint density at radius 1 is 0.833 bits per heavy atom. The molecule has 0 fully saturated rings. The molecule has 0 saturated heterocycles. The summed E-state index contributed by atoms with van der Waals surface area (Å²) in [5, 5.41) is 12.8. The predicted molar refractivity (Wildman–Crippen MR) is 160 cm³/mol. The molecular weight excluding hydrogens is 457 g/mol. The van der Waals surface area contributed by atoms with Gasteiger partial charge < -0.3 is 5.11 Å². The lowest BCUT2D eigenvalue weighted by atomic mass is 9.77. The summed E-state index contributed by atoms with van der Waals surface area (Å²) in [5.74, 6) is 0.454. The van der Waals surface area contributed by atoms with Gasteiger partial charge in [0.1, 0.15) is 5.75 Å². The Morgan fingerprint density at radius 3 is 1.97 bits per heavy atom. The van der Waals surface area contributed by atoms with E-state index in [2.05, 4.69) is 117 Å². The van der Waals surface area contributed by atoms with Gasteiger partial charge in [0.25, 0.3) is 0 Å². The van der Waals surface area contributed by atoms with Gasteiger partial charge in [0, 0.05) is 28.9 Å². The van der Waals surface area contributed by atoms with Crippen molar-refractivity contribution in [2.45, 2.75) is 84.7 Å². The fourth-order valence-electron chi connectivity index (χ4n) is 4.71. The van der Waals surface area contributed by atoms with E-state index in [1.807, 2.05) is 13.1 Å². The van der Waals surface area contributed by atoms with Crippen molar-refractivity contribution in [2.24, 2.45) is 4.99 Å². The van der Waals surface area contributed by atoms with Gasteiger partial charge in [-0.05, 0) is 46.2 Å². The number of aromatic hydroxyl groups is 1. The van der Waals surface area contributed by atoms with Gasteiger partial charge in [0.2, 0.25) is 0 Å². The quantitative estimate of drug-likeness (QED) is 0.267. The first-order valence-corrected chi connectivity index (χ1v) is 14.0. The highest BCUT2D eigenvalue weighted by Gasteiger charge is 2.34. The van der Waals surface area contributed by atoms with Gasteiger partial charge >= 0.3 is 0 Å². The van der Waals surface area contributed by atoms with Crippen molar-refractivity contribution in [1.29, 1.82) is 0 Å². The van der Waals surface area contributed by atoms with Crippen LogP contribution in [0.5, 0.6) is 5.75 Å². The van der Waals surface area contributed by atoms with Crippen LogP contribution in [0.1, 0.15) is 95.2 Å². The Kier molecular flexibility index (Phi) is 8.21. The summed E-state index contributed by atoms with van der Waals surface area (Å²) in [6.45, 7) is 20.1. The normalized spacial score (nSPS) is 14.9. The standard InChI is InChI=1S/C33H44NOP/c1-11-33(9,27-21-24(31(3,4)5)20-26(29(27)35)32(6,7)8)36-30-22(2)16-15-19-25(30)28(34-10)23-17-13-12-14-18-23/h12-21,35-36H,11H2,1-10H3/b34-28+. The molecule has 36 heavy (non-hydrogen) atoms. The Morgan fingerprint density at radius 2 is 1.44 bits per heavy atom. The fourth-order valence-corrected chi connectivity index (χ4v) is 6.38. The second kappa shape index (κ2) is 10.5. The average molecular weight is 502 g/mol. The molecule has 3 heteroatoms. The molecule has 2 unspecified atom stereocenters.